The maximum Gasteiger partial charge on any atom is 0.155 e. The Morgan fingerprint density at radius 3 is 2.29 bits per heavy atom. The summed E-state index contributed by atoms with van der Waals surface area (Å²) in [5.41, 5.74) is 1.73. The largest absolute Gasteiger partial charge is 0.239 e. The summed E-state index contributed by atoms with van der Waals surface area (Å²) in [6.07, 6.45) is 4.25. The van der Waals surface area contributed by atoms with Crippen molar-refractivity contribution in [3.05, 3.63) is 0 Å². The molecule has 0 amide bonds. The third-order valence-corrected chi connectivity index (χ3v) is 3.54. The maximum atomic E-state index is 2.49. The Kier molecular flexibility index (Phi) is 4.15. The van der Waals surface area contributed by atoms with E-state index in [0.717, 1.165) is 17.8 Å². The quantitative estimate of drug-likeness (QED) is 0.597. The third kappa shape index (κ3) is 2.18. The maximum absolute atomic E-state index is 2.49. The van der Waals surface area contributed by atoms with Gasteiger partial charge in [-0.05, 0) is 18.8 Å². The Balaban J connectivity index is 0.000000461. The molecule has 0 saturated heterocycles. The molecule has 1 saturated carbocycles. The molecule has 2 atom stereocenters. The van der Waals surface area contributed by atoms with Crippen molar-refractivity contribution in [3.63, 3.8) is 0 Å². The third-order valence-electron chi connectivity index (χ3n) is 3.54. The molecule has 1 heterocycles. The lowest BCUT2D eigenvalue weighted by Gasteiger charge is -2.10. The molecule has 14 heavy (non-hydrogen) atoms. The van der Waals surface area contributed by atoms with Gasteiger partial charge in [0.25, 0.3) is 0 Å². The van der Waals surface area contributed by atoms with Crippen LogP contribution in [0.1, 0.15) is 47.0 Å². The monoisotopic (exact) mass is 196 g/mol. The second-order valence-electron chi connectivity index (χ2n) is 4.57. The van der Waals surface area contributed by atoms with Crippen molar-refractivity contribution in [2.45, 2.75) is 47.0 Å². The lowest BCUT2D eigenvalue weighted by Crippen LogP contribution is -2.19. The van der Waals surface area contributed by atoms with E-state index in [9.17, 15) is 0 Å². The predicted octanol–water partition coefficient (Wildman–Crippen LogP) is 3.18. The average Bonchev–Trinajstić information content (AvgIpc) is 2.96. The fourth-order valence-corrected chi connectivity index (χ4v) is 2.94. The molecule has 1 heteroatoms. The summed E-state index contributed by atoms with van der Waals surface area (Å²) in [5, 5.41) is 0. The Labute approximate surface area is 89.2 Å². The van der Waals surface area contributed by atoms with Crippen LogP contribution in [0.2, 0.25) is 0 Å². The van der Waals surface area contributed by atoms with E-state index >= 15 is 0 Å². The highest BCUT2D eigenvalue weighted by Gasteiger charge is 2.45. The molecule has 1 aliphatic carbocycles. The van der Waals surface area contributed by atoms with Gasteiger partial charge in [0.05, 0.1) is 5.92 Å². The molecule has 1 fully saturated rings. The average molecular weight is 196 g/mol. The molecule has 1 nitrogen and oxygen atoms in total. The Morgan fingerprint density at radius 2 is 1.86 bits per heavy atom. The molecule has 0 spiro atoms. The highest BCUT2D eigenvalue weighted by atomic mass is 15.0. The van der Waals surface area contributed by atoms with Crippen LogP contribution < -0.4 is 0 Å². The van der Waals surface area contributed by atoms with E-state index < -0.39 is 0 Å². The lowest BCUT2D eigenvalue weighted by atomic mass is 9.87. The molecular weight excluding hydrogens is 170 g/mol. The van der Waals surface area contributed by atoms with Gasteiger partial charge in [0, 0.05) is 12.3 Å². The van der Waals surface area contributed by atoms with Gasteiger partial charge in [-0.2, -0.15) is 0 Å². The van der Waals surface area contributed by atoms with Gasteiger partial charge in [0.1, 0.15) is 13.6 Å². The minimum absolute atomic E-state index is 0.914. The lowest BCUT2D eigenvalue weighted by molar-refractivity contribution is -0.494. The van der Waals surface area contributed by atoms with Crippen molar-refractivity contribution < 1.29 is 4.58 Å². The van der Waals surface area contributed by atoms with Crippen LogP contribution in [0.25, 0.3) is 0 Å². The SMILES string of the molecule is CC.CCC1=[N+](C)CC(C)C1C1CC1. The molecule has 0 aromatic heterocycles. The molecule has 2 rings (SSSR count). The van der Waals surface area contributed by atoms with Crippen molar-refractivity contribution in [2.75, 3.05) is 13.6 Å². The van der Waals surface area contributed by atoms with Gasteiger partial charge in [-0.15, -0.1) is 0 Å². The minimum Gasteiger partial charge on any atom is -0.239 e. The van der Waals surface area contributed by atoms with E-state index in [1.54, 1.807) is 5.71 Å². The summed E-state index contributed by atoms with van der Waals surface area (Å²) in [4.78, 5) is 0. The van der Waals surface area contributed by atoms with Gasteiger partial charge in [-0.3, -0.25) is 0 Å². The van der Waals surface area contributed by atoms with E-state index in [1.807, 2.05) is 13.8 Å². The number of nitrogens with zero attached hydrogens (tertiary/aromatic N) is 1. The van der Waals surface area contributed by atoms with Crippen molar-refractivity contribution in [1.29, 1.82) is 0 Å². The normalized spacial score (nSPS) is 31.5. The smallest absolute Gasteiger partial charge is 0.155 e. The first-order valence-corrected chi connectivity index (χ1v) is 6.31. The number of hydrogen-bond donors (Lipinski definition) is 0. The summed E-state index contributed by atoms with van der Waals surface area (Å²) >= 11 is 0. The number of rotatable bonds is 2. The summed E-state index contributed by atoms with van der Waals surface area (Å²) in [6, 6.07) is 0. The molecule has 0 aromatic carbocycles. The molecular formula is C13H26N+. The molecule has 0 bridgehead atoms. The first-order chi connectivity index (χ1) is 6.74. The second-order valence-corrected chi connectivity index (χ2v) is 4.57. The fraction of sp³-hybridized carbons (Fsp3) is 0.923. The zero-order valence-corrected chi connectivity index (χ0v) is 10.5. The van der Waals surface area contributed by atoms with Crippen molar-refractivity contribution in [1.82, 2.24) is 0 Å². The van der Waals surface area contributed by atoms with Gasteiger partial charge in [-0.25, -0.2) is 4.58 Å². The Hall–Kier alpha value is -0.330. The Bertz CT molecular complexity index is 213. The highest BCUT2D eigenvalue weighted by Crippen LogP contribution is 2.43. The zero-order valence-electron chi connectivity index (χ0n) is 10.5. The van der Waals surface area contributed by atoms with E-state index in [2.05, 4.69) is 25.5 Å². The van der Waals surface area contributed by atoms with Crippen LogP contribution in [-0.2, 0) is 0 Å². The summed E-state index contributed by atoms with van der Waals surface area (Å²) in [5.74, 6) is 2.91. The van der Waals surface area contributed by atoms with Gasteiger partial charge in [-0.1, -0.05) is 27.7 Å². The summed E-state index contributed by atoms with van der Waals surface area (Å²) in [6.45, 7) is 10.0. The minimum atomic E-state index is 0.914. The van der Waals surface area contributed by atoms with Crippen LogP contribution in [0.3, 0.4) is 0 Å². The highest BCUT2D eigenvalue weighted by molar-refractivity contribution is 5.83. The first-order valence-electron chi connectivity index (χ1n) is 6.31. The summed E-state index contributed by atoms with van der Waals surface area (Å²) < 4.78 is 2.49. The molecule has 0 radical (unpaired) electrons. The predicted molar refractivity (Wildman–Crippen MR) is 63.1 cm³/mol. The topological polar surface area (TPSA) is 3.01 Å². The van der Waals surface area contributed by atoms with E-state index in [0.29, 0.717) is 0 Å². The molecule has 0 N–H and O–H groups in total. The van der Waals surface area contributed by atoms with Crippen LogP contribution in [0.5, 0.6) is 0 Å². The summed E-state index contributed by atoms with van der Waals surface area (Å²) in [7, 11) is 2.26. The Morgan fingerprint density at radius 1 is 1.29 bits per heavy atom. The fourth-order valence-electron chi connectivity index (χ4n) is 2.94. The second kappa shape index (κ2) is 4.95. The molecule has 2 aliphatic rings. The molecule has 0 aromatic rings. The van der Waals surface area contributed by atoms with Gasteiger partial charge in [0.15, 0.2) is 5.71 Å². The van der Waals surface area contributed by atoms with Crippen LogP contribution in [-0.4, -0.2) is 23.9 Å². The molecule has 1 aliphatic heterocycles. The van der Waals surface area contributed by atoms with Crippen molar-refractivity contribution in [3.8, 4) is 0 Å². The first kappa shape index (κ1) is 11.7. The van der Waals surface area contributed by atoms with E-state index in [1.165, 1.54) is 25.8 Å². The van der Waals surface area contributed by atoms with Crippen molar-refractivity contribution >= 4 is 5.71 Å². The zero-order chi connectivity index (χ0) is 10.7. The van der Waals surface area contributed by atoms with Crippen molar-refractivity contribution in [2.24, 2.45) is 17.8 Å². The standard InChI is InChI=1S/C11H20N.C2H6/c1-4-10-11(9-5-6-9)8(2)7-12(10)3;1-2/h8-9,11H,4-7H2,1-3H3;1-2H3/q+1;. The molecule has 82 valence electrons. The van der Waals surface area contributed by atoms with Gasteiger partial charge in [0.2, 0.25) is 0 Å². The van der Waals surface area contributed by atoms with E-state index in [4.69, 9.17) is 0 Å². The van der Waals surface area contributed by atoms with Gasteiger partial charge < -0.3 is 0 Å². The van der Waals surface area contributed by atoms with Crippen LogP contribution >= 0.6 is 0 Å². The van der Waals surface area contributed by atoms with Crippen LogP contribution in [0.15, 0.2) is 0 Å². The number of hydrogen-bond acceptors (Lipinski definition) is 0. The van der Waals surface area contributed by atoms with Gasteiger partial charge >= 0.3 is 0 Å². The van der Waals surface area contributed by atoms with Crippen LogP contribution in [0, 0.1) is 17.8 Å². The van der Waals surface area contributed by atoms with E-state index in [-0.39, 0.29) is 0 Å². The van der Waals surface area contributed by atoms with Crippen LogP contribution in [0.4, 0.5) is 0 Å². The molecule has 2 unspecified atom stereocenters.